The Bertz CT molecular complexity index is 117. The van der Waals surface area contributed by atoms with Crippen molar-refractivity contribution in [3.8, 4) is 0 Å². The molecule has 0 saturated carbocycles. The monoisotopic (exact) mass is 175 g/mol. The van der Waals surface area contributed by atoms with Crippen molar-refractivity contribution in [1.29, 1.82) is 0 Å². The minimum Gasteiger partial charge on any atom is -0.396 e. The standard InChI is InChI=1S/C9H21NO2/c1-4-12-7-9(3,5-6-11)8(2)10/h8,11H,4-7,10H2,1-3H3. The van der Waals surface area contributed by atoms with Gasteiger partial charge in [-0.25, -0.2) is 0 Å². The number of nitrogens with two attached hydrogens (primary N) is 1. The maximum Gasteiger partial charge on any atom is 0.0535 e. The summed E-state index contributed by atoms with van der Waals surface area (Å²) in [5.74, 6) is 0. The predicted molar refractivity (Wildman–Crippen MR) is 50.0 cm³/mol. The van der Waals surface area contributed by atoms with Gasteiger partial charge in [0.25, 0.3) is 0 Å². The highest BCUT2D eigenvalue weighted by molar-refractivity contribution is 4.82. The van der Waals surface area contributed by atoms with E-state index in [1.165, 1.54) is 0 Å². The molecular formula is C9H21NO2. The molecule has 0 rings (SSSR count). The third-order valence-corrected chi connectivity index (χ3v) is 2.42. The maximum atomic E-state index is 8.84. The fraction of sp³-hybridized carbons (Fsp3) is 1.00. The van der Waals surface area contributed by atoms with Crippen molar-refractivity contribution in [3.05, 3.63) is 0 Å². The fourth-order valence-corrected chi connectivity index (χ4v) is 1.02. The van der Waals surface area contributed by atoms with Crippen molar-refractivity contribution in [1.82, 2.24) is 0 Å². The normalized spacial score (nSPS) is 18.8. The fourth-order valence-electron chi connectivity index (χ4n) is 1.02. The van der Waals surface area contributed by atoms with Crippen molar-refractivity contribution >= 4 is 0 Å². The highest BCUT2D eigenvalue weighted by Crippen LogP contribution is 2.24. The van der Waals surface area contributed by atoms with Crippen molar-refractivity contribution in [2.24, 2.45) is 11.1 Å². The first-order valence-electron chi connectivity index (χ1n) is 4.51. The summed E-state index contributed by atoms with van der Waals surface area (Å²) in [6.07, 6.45) is 0.699. The van der Waals surface area contributed by atoms with Crippen LogP contribution >= 0.6 is 0 Å². The number of hydrogen-bond donors (Lipinski definition) is 2. The SMILES string of the molecule is CCOCC(C)(CCO)C(C)N. The van der Waals surface area contributed by atoms with Gasteiger partial charge in [0.2, 0.25) is 0 Å². The zero-order chi connectivity index (χ0) is 9.61. The van der Waals surface area contributed by atoms with Gasteiger partial charge in [0.1, 0.15) is 0 Å². The molecule has 2 atom stereocenters. The first-order chi connectivity index (χ1) is 5.56. The van der Waals surface area contributed by atoms with Crippen LogP contribution in [0.1, 0.15) is 27.2 Å². The molecule has 74 valence electrons. The summed E-state index contributed by atoms with van der Waals surface area (Å²) in [4.78, 5) is 0. The van der Waals surface area contributed by atoms with Gasteiger partial charge in [0.05, 0.1) is 6.61 Å². The van der Waals surface area contributed by atoms with Crippen LogP contribution in [0.2, 0.25) is 0 Å². The lowest BCUT2D eigenvalue weighted by atomic mass is 9.81. The van der Waals surface area contributed by atoms with Gasteiger partial charge in [-0.3, -0.25) is 0 Å². The second kappa shape index (κ2) is 5.51. The molecule has 0 bridgehead atoms. The molecule has 0 fully saturated rings. The molecule has 3 N–H and O–H groups in total. The largest absolute Gasteiger partial charge is 0.396 e. The average Bonchev–Trinajstić information content (AvgIpc) is 2.01. The molecule has 0 aromatic rings. The maximum absolute atomic E-state index is 8.84. The van der Waals surface area contributed by atoms with Gasteiger partial charge in [-0.05, 0) is 20.3 Å². The zero-order valence-corrected chi connectivity index (χ0v) is 8.34. The summed E-state index contributed by atoms with van der Waals surface area (Å²) in [5.41, 5.74) is 5.71. The summed E-state index contributed by atoms with van der Waals surface area (Å²) in [5, 5.41) is 8.84. The highest BCUT2D eigenvalue weighted by Gasteiger charge is 2.28. The van der Waals surface area contributed by atoms with Crippen LogP contribution < -0.4 is 5.73 Å². The molecule has 0 amide bonds. The Labute approximate surface area is 74.9 Å². The summed E-state index contributed by atoms with van der Waals surface area (Å²) in [7, 11) is 0. The molecule has 0 aliphatic heterocycles. The van der Waals surface area contributed by atoms with Crippen LogP contribution in [0.5, 0.6) is 0 Å². The Morgan fingerprint density at radius 3 is 2.50 bits per heavy atom. The van der Waals surface area contributed by atoms with Crippen LogP contribution in [0.3, 0.4) is 0 Å². The van der Waals surface area contributed by atoms with Gasteiger partial charge < -0.3 is 15.6 Å². The van der Waals surface area contributed by atoms with Gasteiger partial charge >= 0.3 is 0 Å². The molecule has 0 radical (unpaired) electrons. The smallest absolute Gasteiger partial charge is 0.0535 e. The van der Waals surface area contributed by atoms with E-state index in [2.05, 4.69) is 0 Å². The topological polar surface area (TPSA) is 55.5 Å². The van der Waals surface area contributed by atoms with E-state index in [1.807, 2.05) is 20.8 Å². The summed E-state index contributed by atoms with van der Waals surface area (Å²) in [6, 6.07) is 0.0520. The Morgan fingerprint density at radius 1 is 1.58 bits per heavy atom. The number of aliphatic hydroxyl groups excluding tert-OH is 1. The first-order valence-corrected chi connectivity index (χ1v) is 4.51. The Kier molecular flexibility index (Phi) is 5.46. The van der Waals surface area contributed by atoms with Gasteiger partial charge in [0, 0.05) is 24.7 Å². The van der Waals surface area contributed by atoms with Gasteiger partial charge in [-0.1, -0.05) is 6.92 Å². The zero-order valence-electron chi connectivity index (χ0n) is 8.34. The van der Waals surface area contributed by atoms with E-state index in [0.29, 0.717) is 19.6 Å². The molecule has 2 unspecified atom stereocenters. The number of aliphatic hydroxyl groups is 1. The second-order valence-electron chi connectivity index (χ2n) is 3.55. The van der Waals surface area contributed by atoms with Crippen LogP contribution in [0, 0.1) is 5.41 Å². The summed E-state index contributed by atoms with van der Waals surface area (Å²) in [6.45, 7) is 7.46. The molecule has 0 spiro atoms. The molecule has 0 heterocycles. The number of ether oxygens (including phenoxy) is 1. The van der Waals surface area contributed by atoms with E-state index < -0.39 is 0 Å². The van der Waals surface area contributed by atoms with Crippen molar-refractivity contribution < 1.29 is 9.84 Å². The molecule has 0 aliphatic carbocycles. The van der Waals surface area contributed by atoms with Crippen LogP contribution in [0.25, 0.3) is 0 Å². The third-order valence-electron chi connectivity index (χ3n) is 2.42. The molecule has 3 heteroatoms. The Balaban J connectivity index is 3.99. The van der Waals surface area contributed by atoms with Gasteiger partial charge in [-0.15, -0.1) is 0 Å². The van der Waals surface area contributed by atoms with E-state index in [-0.39, 0.29) is 18.1 Å². The van der Waals surface area contributed by atoms with Crippen LogP contribution in [-0.2, 0) is 4.74 Å². The van der Waals surface area contributed by atoms with Crippen LogP contribution in [0.4, 0.5) is 0 Å². The lowest BCUT2D eigenvalue weighted by Crippen LogP contribution is -2.41. The van der Waals surface area contributed by atoms with Crippen molar-refractivity contribution in [3.63, 3.8) is 0 Å². The number of rotatable bonds is 6. The molecule has 0 aromatic heterocycles. The summed E-state index contributed by atoms with van der Waals surface area (Å²) < 4.78 is 5.32. The van der Waals surface area contributed by atoms with E-state index in [1.54, 1.807) is 0 Å². The lowest BCUT2D eigenvalue weighted by Gasteiger charge is -2.32. The van der Waals surface area contributed by atoms with Crippen molar-refractivity contribution in [2.75, 3.05) is 19.8 Å². The van der Waals surface area contributed by atoms with Gasteiger partial charge in [-0.2, -0.15) is 0 Å². The Morgan fingerprint density at radius 2 is 2.17 bits per heavy atom. The van der Waals surface area contributed by atoms with E-state index in [9.17, 15) is 0 Å². The average molecular weight is 175 g/mol. The van der Waals surface area contributed by atoms with Gasteiger partial charge in [0.15, 0.2) is 0 Å². The van der Waals surface area contributed by atoms with E-state index in [0.717, 1.165) is 0 Å². The molecule has 0 saturated heterocycles. The number of hydrogen-bond acceptors (Lipinski definition) is 3. The minimum atomic E-state index is -0.0925. The first kappa shape index (κ1) is 11.9. The van der Waals surface area contributed by atoms with Crippen LogP contribution in [-0.4, -0.2) is 31.0 Å². The van der Waals surface area contributed by atoms with E-state index >= 15 is 0 Å². The quantitative estimate of drug-likeness (QED) is 0.626. The highest BCUT2D eigenvalue weighted by atomic mass is 16.5. The lowest BCUT2D eigenvalue weighted by molar-refractivity contribution is 0.0320. The molecular weight excluding hydrogens is 154 g/mol. The third kappa shape index (κ3) is 3.52. The van der Waals surface area contributed by atoms with Crippen LogP contribution in [0.15, 0.2) is 0 Å². The van der Waals surface area contributed by atoms with Crippen molar-refractivity contribution in [2.45, 2.75) is 33.2 Å². The molecule has 0 aromatic carbocycles. The molecule has 3 nitrogen and oxygen atoms in total. The van der Waals surface area contributed by atoms with E-state index in [4.69, 9.17) is 15.6 Å². The molecule has 0 aliphatic rings. The summed E-state index contributed by atoms with van der Waals surface area (Å²) >= 11 is 0. The predicted octanol–water partition coefficient (Wildman–Crippen LogP) is 0.759. The minimum absolute atomic E-state index is 0.0520. The second-order valence-corrected chi connectivity index (χ2v) is 3.55. The Hall–Kier alpha value is -0.120. The molecule has 12 heavy (non-hydrogen) atoms.